The van der Waals surface area contributed by atoms with E-state index in [4.69, 9.17) is 4.74 Å². The van der Waals surface area contributed by atoms with Gasteiger partial charge in [-0.1, -0.05) is 0 Å². The maximum absolute atomic E-state index is 11.4. The molecule has 5 heteroatoms. The monoisotopic (exact) mass is 212 g/mol. The van der Waals surface area contributed by atoms with Crippen LogP contribution < -0.4 is 5.32 Å². The van der Waals surface area contributed by atoms with Crippen molar-refractivity contribution in [2.75, 3.05) is 20.3 Å². The first-order valence-electron chi connectivity index (χ1n) is 4.82. The fourth-order valence-electron chi connectivity index (χ4n) is 1.19. The molecule has 1 heterocycles. The molecule has 1 aromatic heterocycles. The molecule has 15 heavy (non-hydrogen) atoms. The fraction of sp³-hybridized carbons (Fsp3) is 0.500. The van der Waals surface area contributed by atoms with Gasteiger partial charge in [0.05, 0.1) is 12.7 Å². The van der Waals surface area contributed by atoms with Gasteiger partial charge in [0.2, 0.25) is 0 Å². The number of aliphatic hydroxyl groups excluding tert-OH is 1. The number of ether oxygens (including phenoxy) is 1. The van der Waals surface area contributed by atoms with Crippen LogP contribution in [0.3, 0.4) is 0 Å². The molecule has 1 aromatic rings. The first kappa shape index (κ1) is 11.7. The standard InChI is InChI=1S/C10H16N2O3/c1-15-7-8(13)4-6-12-10(14)9-3-2-5-11-9/h2-3,5,8,11,13H,4,6-7H2,1H3,(H,12,14). The number of rotatable bonds is 6. The summed E-state index contributed by atoms with van der Waals surface area (Å²) >= 11 is 0. The Bertz CT molecular complexity index is 285. The van der Waals surface area contributed by atoms with Crippen LogP contribution in [0.1, 0.15) is 16.9 Å². The van der Waals surface area contributed by atoms with Crippen molar-refractivity contribution in [3.8, 4) is 0 Å². The Morgan fingerprint density at radius 1 is 1.73 bits per heavy atom. The Labute approximate surface area is 88.4 Å². The highest BCUT2D eigenvalue weighted by Crippen LogP contribution is 1.95. The van der Waals surface area contributed by atoms with Gasteiger partial charge in [0.15, 0.2) is 0 Å². The van der Waals surface area contributed by atoms with Gasteiger partial charge >= 0.3 is 0 Å². The second-order valence-electron chi connectivity index (χ2n) is 3.24. The van der Waals surface area contributed by atoms with Gasteiger partial charge in [0, 0.05) is 19.9 Å². The number of aliphatic hydroxyl groups is 1. The van der Waals surface area contributed by atoms with Crippen molar-refractivity contribution in [2.24, 2.45) is 0 Å². The van der Waals surface area contributed by atoms with E-state index in [1.165, 1.54) is 7.11 Å². The molecule has 0 aliphatic heterocycles. The summed E-state index contributed by atoms with van der Waals surface area (Å²) in [6.45, 7) is 0.723. The summed E-state index contributed by atoms with van der Waals surface area (Å²) in [7, 11) is 1.53. The number of hydrogen-bond acceptors (Lipinski definition) is 3. The summed E-state index contributed by atoms with van der Waals surface area (Å²) in [6.07, 6.45) is 1.65. The molecule has 0 fully saturated rings. The smallest absolute Gasteiger partial charge is 0.267 e. The number of hydrogen-bond donors (Lipinski definition) is 3. The largest absolute Gasteiger partial charge is 0.391 e. The van der Waals surface area contributed by atoms with E-state index in [0.717, 1.165) is 0 Å². The molecule has 0 aliphatic rings. The summed E-state index contributed by atoms with van der Waals surface area (Å²) < 4.78 is 4.76. The summed E-state index contributed by atoms with van der Waals surface area (Å²) in [5.74, 6) is -0.162. The lowest BCUT2D eigenvalue weighted by molar-refractivity contribution is 0.0587. The van der Waals surface area contributed by atoms with Crippen molar-refractivity contribution in [3.05, 3.63) is 24.0 Å². The third-order valence-corrected chi connectivity index (χ3v) is 1.96. The second kappa shape index (κ2) is 6.21. The van der Waals surface area contributed by atoms with E-state index in [2.05, 4.69) is 10.3 Å². The molecule has 0 saturated carbocycles. The predicted octanol–water partition coefficient (Wildman–Crippen LogP) is 0.142. The van der Waals surface area contributed by atoms with Crippen molar-refractivity contribution in [2.45, 2.75) is 12.5 Å². The van der Waals surface area contributed by atoms with Gasteiger partial charge in [-0.3, -0.25) is 4.79 Å². The van der Waals surface area contributed by atoms with Crippen LogP contribution in [0.5, 0.6) is 0 Å². The van der Waals surface area contributed by atoms with Crippen LogP contribution in [-0.2, 0) is 4.74 Å². The van der Waals surface area contributed by atoms with Crippen LogP contribution in [0.15, 0.2) is 18.3 Å². The maximum Gasteiger partial charge on any atom is 0.267 e. The highest BCUT2D eigenvalue weighted by atomic mass is 16.5. The number of methoxy groups -OCH3 is 1. The molecule has 0 aliphatic carbocycles. The van der Waals surface area contributed by atoms with Crippen LogP contribution in [-0.4, -0.2) is 42.4 Å². The lowest BCUT2D eigenvalue weighted by Gasteiger charge is -2.09. The zero-order chi connectivity index (χ0) is 11.1. The SMILES string of the molecule is COCC(O)CCNC(=O)c1ccc[nH]1. The molecule has 84 valence electrons. The predicted molar refractivity (Wildman–Crippen MR) is 55.6 cm³/mol. The first-order valence-corrected chi connectivity index (χ1v) is 4.82. The third-order valence-electron chi connectivity index (χ3n) is 1.96. The van der Waals surface area contributed by atoms with Crippen LogP contribution in [0, 0.1) is 0 Å². The molecule has 0 spiro atoms. The lowest BCUT2D eigenvalue weighted by Crippen LogP contribution is -2.28. The molecule has 1 atom stereocenters. The number of carbonyl (C=O) groups is 1. The van der Waals surface area contributed by atoms with E-state index < -0.39 is 6.10 Å². The summed E-state index contributed by atoms with van der Waals surface area (Å²) in [4.78, 5) is 14.2. The molecule has 0 bridgehead atoms. The quantitative estimate of drug-likeness (QED) is 0.628. The Morgan fingerprint density at radius 3 is 3.13 bits per heavy atom. The zero-order valence-corrected chi connectivity index (χ0v) is 8.69. The minimum absolute atomic E-state index is 0.162. The van der Waals surface area contributed by atoms with Crippen molar-refractivity contribution in [1.29, 1.82) is 0 Å². The van der Waals surface area contributed by atoms with E-state index >= 15 is 0 Å². The Hall–Kier alpha value is -1.33. The van der Waals surface area contributed by atoms with E-state index in [-0.39, 0.29) is 5.91 Å². The number of aromatic nitrogens is 1. The molecule has 0 radical (unpaired) electrons. The second-order valence-corrected chi connectivity index (χ2v) is 3.24. The van der Waals surface area contributed by atoms with Crippen LogP contribution in [0.25, 0.3) is 0 Å². The highest BCUT2D eigenvalue weighted by molar-refractivity contribution is 5.92. The van der Waals surface area contributed by atoms with E-state index in [1.807, 2.05) is 0 Å². The Balaban J connectivity index is 2.18. The molecule has 1 unspecified atom stereocenters. The molecule has 0 saturated heterocycles. The molecule has 5 nitrogen and oxygen atoms in total. The van der Waals surface area contributed by atoms with Crippen LogP contribution in [0.2, 0.25) is 0 Å². The van der Waals surface area contributed by atoms with E-state index in [0.29, 0.717) is 25.3 Å². The molecular weight excluding hydrogens is 196 g/mol. The topological polar surface area (TPSA) is 74.3 Å². The van der Waals surface area contributed by atoms with Crippen LogP contribution in [0.4, 0.5) is 0 Å². The van der Waals surface area contributed by atoms with E-state index in [9.17, 15) is 9.90 Å². The van der Waals surface area contributed by atoms with Crippen molar-refractivity contribution in [1.82, 2.24) is 10.3 Å². The summed E-state index contributed by atoms with van der Waals surface area (Å²) in [6, 6.07) is 3.45. The van der Waals surface area contributed by atoms with E-state index in [1.54, 1.807) is 18.3 Å². The number of carbonyl (C=O) groups excluding carboxylic acids is 1. The fourth-order valence-corrected chi connectivity index (χ4v) is 1.19. The van der Waals surface area contributed by atoms with Gasteiger partial charge in [-0.15, -0.1) is 0 Å². The van der Waals surface area contributed by atoms with Gasteiger partial charge in [-0.25, -0.2) is 0 Å². The number of H-pyrrole nitrogens is 1. The van der Waals surface area contributed by atoms with Gasteiger partial charge in [0.1, 0.15) is 5.69 Å². The summed E-state index contributed by atoms with van der Waals surface area (Å²) in [5.41, 5.74) is 0.524. The van der Waals surface area contributed by atoms with Gasteiger partial charge < -0.3 is 20.1 Å². The molecule has 1 amide bonds. The summed E-state index contributed by atoms with van der Waals surface area (Å²) in [5, 5.41) is 12.0. The lowest BCUT2D eigenvalue weighted by atomic mass is 10.2. The molecule has 0 aromatic carbocycles. The first-order chi connectivity index (χ1) is 7.24. The number of amides is 1. The molecule has 3 N–H and O–H groups in total. The third kappa shape index (κ3) is 4.14. The van der Waals surface area contributed by atoms with Gasteiger partial charge in [-0.2, -0.15) is 0 Å². The van der Waals surface area contributed by atoms with Gasteiger partial charge in [0.25, 0.3) is 5.91 Å². The average Bonchev–Trinajstić information content (AvgIpc) is 2.70. The highest BCUT2D eigenvalue weighted by Gasteiger charge is 2.07. The van der Waals surface area contributed by atoms with Crippen molar-refractivity contribution < 1.29 is 14.6 Å². The Kier molecular flexibility index (Phi) is 4.86. The Morgan fingerprint density at radius 2 is 2.53 bits per heavy atom. The normalized spacial score (nSPS) is 12.4. The zero-order valence-electron chi connectivity index (χ0n) is 8.69. The minimum atomic E-state index is -0.529. The molecular formula is C10H16N2O3. The average molecular weight is 212 g/mol. The number of nitrogens with one attached hydrogen (secondary N) is 2. The van der Waals surface area contributed by atoms with Crippen molar-refractivity contribution in [3.63, 3.8) is 0 Å². The number of aromatic amines is 1. The molecule has 1 rings (SSSR count). The van der Waals surface area contributed by atoms with Gasteiger partial charge in [-0.05, 0) is 18.6 Å². The minimum Gasteiger partial charge on any atom is -0.391 e. The maximum atomic E-state index is 11.4. The van der Waals surface area contributed by atoms with Crippen molar-refractivity contribution >= 4 is 5.91 Å². The van der Waals surface area contributed by atoms with Crippen LogP contribution >= 0.6 is 0 Å².